The molecule has 0 bridgehead atoms. The van der Waals surface area contributed by atoms with E-state index in [1.54, 1.807) is 19.2 Å². The summed E-state index contributed by atoms with van der Waals surface area (Å²) < 4.78 is 5.00. The Hall–Kier alpha value is -1.75. The van der Waals surface area contributed by atoms with Crippen LogP contribution < -0.4 is 4.74 Å². The van der Waals surface area contributed by atoms with Crippen LogP contribution in [0.5, 0.6) is 11.5 Å². The standard InChI is InChI=1S/C15H21NO4/c1-16(12-5-3-4-6-13(12)17)15(19)11-8-7-10(20-2)9-14(11)18/h7-9,12-13,17-18H,3-6H2,1-2H3. The van der Waals surface area contributed by atoms with Crippen LogP contribution in [0.3, 0.4) is 0 Å². The molecule has 1 aromatic rings. The maximum atomic E-state index is 12.4. The minimum absolute atomic E-state index is 0.105. The van der Waals surface area contributed by atoms with Gasteiger partial charge >= 0.3 is 0 Å². The van der Waals surface area contributed by atoms with E-state index in [9.17, 15) is 15.0 Å². The van der Waals surface area contributed by atoms with Gasteiger partial charge in [0, 0.05) is 13.1 Å². The Morgan fingerprint density at radius 3 is 2.65 bits per heavy atom. The number of ether oxygens (including phenoxy) is 1. The Labute approximate surface area is 118 Å². The van der Waals surface area contributed by atoms with Crippen LogP contribution in [0, 0.1) is 0 Å². The van der Waals surface area contributed by atoms with Crippen molar-refractivity contribution in [2.24, 2.45) is 0 Å². The van der Waals surface area contributed by atoms with Crippen molar-refractivity contribution in [3.05, 3.63) is 23.8 Å². The van der Waals surface area contributed by atoms with Gasteiger partial charge in [0.1, 0.15) is 11.5 Å². The van der Waals surface area contributed by atoms with Gasteiger partial charge in [0.2, 0.25) is 0 Å². The highest BCUT2D eigenvalue weighted by Gasteiger charge is 2.30. The van der Waals surface area contributed by atoms with Crippen molar-refractivity contribution in [2.75, 3.05) is 14.2 Å². The zero-order chi connectivity index (χ0) is 14.7. The van der Waals surface area contributed by atoms with Crippen molar-refractivity contribution in [3.63, 3.8) is 0 Å². The first kappa shape index (κ1) is 14.7. The fourth-order valence-electron chi connectivity index (χ4n) is 2.70. The number of rotatable bonds is 3. The molecule has 1 aliphatic rings. The number of nitrogens with zero attached hydrogens (tertiary/aromatic N) is 1. The molecule has 5 heteroatoms. The summed E-state index contributed by atoms with van der Waals surface area (Å²) in [5.74, 6) is 0.113. The van der Waals surface area contributed by atoms with E-state index in [0.717, 1.165) is 25.7 Å². The molecule has 1 amide bonds. The summed E-state index contributed by atoms with van der Waals surface area (Å²) in [7, 11) is 3.17. The van der Waals surface area contributed by atoms with Crippen molar-refractivity contribution in [1.29, 1.82) is 0 Å². The maximum absolute atomic E-state index is 12.4. The van der Waals surface area contributed by atoms with Gasteiger partial charge in [-0.25, -0.2) is 0 Å². The average Bonchev–Trinajstić information content (AvgIpc) is 2.46. The zero-order valence-electron chi connectivity index (χ0n) is 11.9. The third-order valence-corrected chi connectivity index (χ3v) is 3.95. The number of likely N-dealkylation sites (N-methyl/N-ethyl adjacent to an activating group) is 1. The predicted molar refractivity (Wildman–Crippen MR) is 75.0 cm³/mol. The van der Waals surface area contributed by atoms with Gasteiger partial charge in [-0.1, -0.05) is 12.8 Å². The maximum Gasteiger partial charge on any atom is 0.257 e. The van der Waals surface area contributed by atoms with Crippen LogP contribution in [-0.2, 0) is 0 Å². The van der Waals surface area contributed by atoms with Crippen LogP contribution in [0.1, 0.15) is 36.0 Å². The van der Waals surface area contributed by atoms with E-state index in [4.69, 9.17) is 4.74 Å². The summed E-state index contributed by atoms with van der Waals surface area (Å²) in [5.41, 5.74) is 0.228. The van der Waals surface area contributed by atoms with Crippen molar-refractivity contribution in [3.8, 4) is 11.5 Å². The Morgan fingerprint density at radius 1 is 1.35 bits per heavy atom. The Bertz CT molecular complexity index is 489. The zero-order valence-corrected chi connectivity index (χ0v) is 11.9. The number of phenolic OH excluding ortho intramolecular Hbond substituents is 1. The van der Waals surface area contributed by atoms with Crippen molar-refractivity contribution >= 4 is 5.91 Å². The summed E-state index contributed by atoms with van der Waals surface area (Å²) in [6, 6.07) is 4.41. The molecule has 0 aromatic heterocycles. The molecule has 0 spiro atoms. The molecular weight excluding hydrogens is 258 g/mol. The molecule has 1 fully saturated rings. The van der Waals surface area contributed by atoms with Crippen LogP contribution in [0.2, 0.25) is 0 Å². The quantitative estimate of drug-likeness (QED) is 0.884. The van der Waals surface area contributed by atoms with Gasteiger partial charge in [0.25, 0.3) is 5.91 Å². The number of phenols is 1. The molecule has 1 aliphatic carbocycles. The van der Waals surface area contributed by atoms with Crippen molar-refractivity contribution in [1.82, 2.24) is 4.90 Å². The van der Waals surface area contributed by atoms with Crippen LogP contribution >= 0.6 is 0 Å². The molecule has 0 saturated heterocycles. The average molecular weight is 279 g/mol. The van der Waals surface area contributed by atoms with Crippen LogP contribution in [0.25, 0.3) is 0 Å². The Kier molecular flexibility index (Phi) is 4.49. The van der Waals surface area contributed by atoms with E-state index < -0.39 is 6.10 Å². The number of amides is 1. The number of hydrogen-bond donors (Lipinski definition) is 2. The largest absolute Gasteiger partial charge is 0.507 e. The lowest BCUT2D eigenvalue weighted by atomic mass is 9.91. The second-order valence-electron chi connectivity index (χ2n) is 5.22. The predicted octanol–water partition coefficient (Wildman–Crippen LogP) is 1.78. The first-order chi connectivity index (χ1) is 9.54. The monoisotopic (exact) mass is 279 g/mol. The van der Waals surface area contributed by atoms with Gasteiger partial charge in [-0.05, 0) is 25.0 Å². The number of benzene rings is 1. The van der Waals surface area contributed by atoms with E-state index in [-0.39, 0.29) is 23.3 Å². The highest BCUT2D eigenvalue weighted by Crippen LogP contribution is 2.28. The summed E-state index contributed by atoms with van der Waals surface area (Å²) in [5, 5.41) is 19.9. The number of carbonyl (C=O) groups excluding carboxylic acids is 1. The SMILES string of the molecule is COc1ccc(C(=O)N(C)C2CCCCC2O)c(O)c1. The van der Waals surface area contributed by atoms with Crippen molar-refractivity contribution < 1.29 is 19.7 Å². The van der Waals surface area contributed by atoms with Gasteiger partial charge in [-0.3, -0.25) is 4.79 Å². The molecule has 1 saturated carbocycles. The van der Waals surface area contributed by atoms with Gasteiger partial charge in [-0.2, -0.15) is 0 Å². The number of aliphatic hydroxyl groups excluding tert-OH is 1. The number of aromatic hydroxyl groups is 1. The lowest BCUT2D eigenvalue weighted by molar-refractivity contribution is 0.0266. The van der Waals surface area contributed by atoms with E-state index in [1.807, 2.05) is 0 Å². The molecule has 20 heavy (non-hydrogen) atoms. The molecule has 2 N–H and O–H groups in total. The van der Waals surface area contributed by atoms with E-state index in [1.165, 1.54) is 18.1 Å². The molecule has 110 valence electrons. The summed E-state index contributed by atoms with van der Waals surface area (Å²) in [6.45, 7) is 0. The van der Waals surface area contributed by atoms with Crippen molar-refractivity contribution in [2.45, 2.75) is 37.8 Å². The number of aliphatic hydroxyl groups is 1. The first-order valence-corrected chi connectivity index (χ1v) is 6.87. The molecule has 5 nitrogen and oxygen atoms in total. The molecule has 0 heterocycles. The normalized spacial score (nSPS) is 22.4. The smallest absolute Gasteiger partial charge is 0.257 e. The molecule has 0 radical (unpaired) electrons. The number of hydrogen-bond acceptors (Lipinski definition) is 4. The molecular formula is C15H21NO4. The lowest BCUT2D eigenvalue weighted by Gasteiger charge is -2.35. The molecule has 2 atom stereocenters. The molecule has 0 aliphatic heterocycles. The Morgan fingerprint density at radius 2 is 2.05 bits per heavy atom. The van der Waals surface area contributed by atoms with Gasteiger partial charge in [-0.15, -0.1) is 0 Å². The first-order valence-electron chi connectivity index (χ1n) is 6.87. The summed E-state index contributed by atoms with van der Waals surface area (Å²) in [6.07, 6.45) is 3.02. The summed E-state index contributed by atoms with van der Waals surface area (Å²) in [4.78, 5) is 14.0. The number of carbonyl (C=O) groups is 1. The second kappa shape index (κ2) is 6.13. The van der Waals surface area contributed by atoms with Crippen LogP contribution in [-0.4, -0.2) is 47.3 Å². The van der Waals surface area contributed by atoms with Gasteiger partial charge < -0.3 is 19.8 Å². The van der Waals surface area contributed by atoms with Gasteiger partial charge in [0.05, 0.1) is 24.8 Å². The second-order valence-corrected chi connectivity index (χ2v) is 5.22. The highest BCUT2D eigenvalue weighted by molar-refractivity contribution is 5.97. The minimum Gasteiger partial charge on any atom is -0.507 e. The topological polar surface area (TPSA) is 70.0 Å². The summed E-state index contributed by atoms with van der Waals surface area (Å²) >= 11 is 0. The molecule has 2 unspecified atom stereocenters. The highest BCUT2D eigenvalue weighted by atomic mass is 16.5. The Balaban J connectivity index is 2.17. The fraction of sp³-hybridized carbons (Fsp3) is 0.533. The number of methoxy groups -OCH3 is 1. The fourth-order valence-corrected chi connectivity index (χ4v) is 2.70. The lowest BCUT2D eigenvalue weighted by Crippen LogP contribution is -2.46. The molecule has 2 rings (SSSR count). The van der Waals surface area contributed by atoms with Gasteiger partial charge in [0.15, 0.2) is 0 Å². The van der Waals surface area contributed by atoms with E-state index in [2.05, 4.69) is 0 Å². The third-order valence-electron chi connectivity index (χ3n) is 3.95. The van der Waals surface area contributed by atoms with Crippen LogP contribution in [0.4, 0.5) is 0 Å². The third kappa shape index (κ3) is 2.88. The van der Waals surface area contributed by atoms with Crippen LogP contribution in [0.15, 0.2) is 18.2 Å². The van der Waals surface area contributed by atoms with E-state index >= 15 is 0 Å². The molecule has 1 aromatic carbocycles. The minimum atomic E-state index is -0.488. The van der Waals surface area contributed by atoms with E-state index in [0.29, 0.717) is 5.75 Å².